The summed E-state index contributed by atoms with van der Waals surface area (Å²) in [5.41, 5.74) is 0. The fourth-order valence-electron chi connectivity index (χ4n) is 1.96. The molecular formula is C7H6F6N2. The normalized spacial score (nSPS) is 32.9. The maximum Gasteiger partial charge on any atom is 0.474 e. The largest absolute Gasteiger partial charge is 0.474 e. The van der Waals surface area contributed by atoms with Crippen LogP contribution < -0.4 is 0 Å². The summed E-state index contributed by atoms with van der Waals surface area (Å²) in [6.45, 7) is 0. The average Bonchev–Trinajstić information content (AvgIpc) is 2.56. The van der Waals surface area contributed by atoms with Crippen LogP contribution in [-0.4, -0.2) is 34.7 Å². The first-order valence-corrected chi connectivity index (χ1v) is 4.11. The van der Waals surface area contributed by atoms with Gasteiger partial charge in [0.15, 0.2) is 0 Å². The van der Waals surface area contributed by atoms with Gasteiger partial charge < -0.3 is 0 Å². The number of rotatable bonds is 0. The summed E-state index contributed by atoms with van der Waals surface area (Å²) in [4.78, 5) is 0. The van der Waals surface area contributed by atoms with Crippen LogP contribution in [0.2, 0.25) is 0 Å². The van der Waals surface area contributed by atoms with Crippen LogP contribution >= 0.6 is 0 Å². The van der Waals surface area contributed by atoms with Crippen LogP contribution in [0.15, 0.2) is 12.2 Å². The van der Waals surface area contributed by atoms with Gasteiger partial charge in [-0.1, -0.05) is 12.2 Å². The zero-order valence-corrected chi connectivity index (χ0v) is 7.18. The highest BCUT2D eigenvalue weighted by molar-refractivity contribution is 5.15. The van der Waals surface area contributed by atoms with E-state index in [4.69, 9.17) is 0 Å². The molecule has 0 aromatic carbocycles. The van der Waals surface area contributed by atoms with Gasteiger partial charge in [-0.25, -0.2) is 0 Å². The molecule has 1 aliphatic carbocycles. The number of hydrogen-bond acceptors (Lipinski definition) is 2. The van der Waals surface area contributed by atoms with Crippen molar-refractivity contribution in [2.45, 2.75) is 31.1 Å². The molecule has 2 nitrogen and oxygen atoms in total. The molecular weight excluding hydrogens is 226 g/mol. The van der Waals surface area contributed by atoms with Crippen molar-refractivity contribution in [2.75, 3.05) is 0 Å². The molecule has 0 spiro atoms. The first-order chi connectivity index (χ1) is 6.71. The van der Waals surface area contributed by atoms with Crippen LogP contribution in [0.4, 0.5) is 26.3 Å². The second-order valence-corrected chi connectivity index (χ2v) is 3.38. The molecule has 0 N–H and O–H groups in total. The van der Waals surface area contributed by atoms with Crippen LogP contribution in [0.25, 0.3) is 0 Å². The Morgan fingerprint density at radius 2 is 1.13 bits per heavy atom. The molecule has 1 fully saturated rings. The molecule has 0 radical (unpaired) electrons. The molecule has 86 valence electrons. The zero-order valence-electron chi connectivity index (χ0n) is 7.18. The molecule has 8 heteroatoms. The van der Waals surface area contributed by atoms with Crippen LogP contribution in [0.5, 0.6) is 0 Å². The van der Waals surface area contributed by atoms with E-state index in [9.17, 15) is 26.3 Å². The number of halogens is 6. The molecule has 15 heavy (non-hydrogen) atoms. The average molecular weight is 232 g/mol. The van der Waals surface area contributed by atoms with E-state index in [1.807, 2.05) is 0 Å². The van der Waals surface area contributed by atoms with Crippen molar-refractivity contribution in [3.63, 3.8) is 0 Å². The third kappa shape index (κ3) is 1.61. The van der Waals surface area contributed by atoms with E-state index in [0.717, 1.165) is 12.2 Å². The predicted molar refractivity (Wildman–Crippen MR) is 37.1 cm³/mol. The highest BCUT2D eigenvalue weighted by Crippen LogP contribution is 2.44. The zero-order chi connectivity index (χ0) is 11.4. The maximum atomic E-state index is 12.3. The van der Waals surface area contributed by atoms with Crippen molar-refractivity contribution < 1.29 is 26.3 Å². The first-order valence-electron chi connectivity index (χ1n) is 4.11. The number of nitrogens with zero attached hydrogens (tertiary/aromatic N) is 2. The van der Waals surface area contributed by atoms with Crippen molar-refractivity contribution in [3.05, 3.63) is 12.2 Å². The predicted octanol–water partition coefficient (Wildman–Crippen LogP) is 2.26. The minimum Gasteiger partial charge on any atom is -0.154 e. The van der Waals surface area contributed by atoms with Gasteiger partial charge in [-0.15, -0.1) is 10.0 Å². The number of hydrogen-bond donors (Lipinski definition) is 0. The van der Waals surface area contributed by atoms with Gasteiger partial charge in [0.1, 0.15) is 0 Å². The topological polar surface area (TPSA) is 6.48 Å². The van der Waals surface area contributed by atoms with E-state index in [-0.39, 0.29) is 6.42 Å². The summed E-state index contributed by atoms with van der Waals surface area (Å²) in [6, 6.07) is -2.45. The summed E-state index contributed by atoms with van der Waals surface area (Å²) in [5.74, 6) is 0. The molecule has 1 aliphatic heterocycles. The van der Waals surface area contributed by atoms with Gasteiger partial charge >= 0.3 is 12.6 Å². The SMILES string of the molecule is FC(F)(F)N1C2C=CC(C2)N1C(F)(F)F. The molecule has 1 saturated heterocycles. The second-order valence-electron chi connectivity index (χ2n) is 3.38. The molecule has 2 atom stereocenters. The lowest BCUT2D eigenvalue weighted by Crippen LogP contribution is -2.58. The fourth-order valence-corrected chi connectivity index (χ4v) is 1.96. The third-order valence-corrected chi connectivity index (χ3v) is 2.42. The third-order valence-electron chi connectivity index (χ3n) is 2.42. The smallest absolute Gasteiger partial charge is 0.154 e. The van der Waals surface area contributed by atoms with Crippen LogP contribution in [0.1, 0.15) is 6.42 Å². The molecule has 2 unspecified atom stereocenters. The maximum absolute atomic E-state index is 12.3. The molecule has 2 bridgehead atoms. The van der Waals surface area contributed by atoms with E-state index in [2.05, 4.69) is 0 Å². The minimum atomic E-state index is -5.00. The molecule has 0 aromatic heterocycles. The lowest BCUT2D eigenvalue weighted by Gasteiger charge is -2.36. The van der Waals surface area contributed by atoms with Crippen LogP contribution in [0.3, 0.4) is 0 Å². The van der Waals surface area contributed by atoms with Gasteiger partial charge in [0.2, 0.25) is 0 Å². The number of hydrazine groups is 1. The van der Waals surface area contributed by atoms with Crippen molar-refractivity contribution in [2.24, 2.45) is 0 Å². The van der Waals surface area contributed by atoms with Gasteiger partial charge in [0.05, 0.1) is 12.1 Å². The van der Waals surface area contributed by atoms with Crippen molar-refractivity contribution in [1.82, 2.24) is 10.0 Å². The van der Waals surface area contributed by atoms with E-state index < -0.39 is 34.7 Å². The fraction of sp³-hybridized carbons (Fsp3) is 0.714. The Labute approximate surface area is 80.7 Å². The second kappa shape index (κ2) is 2.88. The van der Waals surface area contributed by atoms with E-state index in [0.29, 0.717) is 0 Å². The van der Waals surface area contributed by atoms with Crippen LogP contribution in [0, 0.1) is 0 Å². The Bertz CT molecular complexity index is 265. The highest BCUT2D eigenvalue weighted by Gasteiger charge is 2.61. The summed E-state index contributed by atoms with van der Waals surface area (Å²) in [6.07, 6.45) is -7.86. The van der Waals surface area contributed by atoms with E-state index in [1.165, 1.54) is 0 Å². The molecule has 0 amide bonds. The standard InChI is InChI=1S/C7H6F6N2/c8-6(9,10)14-4-1-2-5(3-4)15(14)7(11,12)13/h1-2,4-5H,3H2. The van der Waals surface area contributed by atoms with Crippen LogP contribution in [-0.2, 0) is 0 Å². The first kappa shape index (κ1) is 10.7. The lowest BCUT2D eigenvalue weighted by molar-refractivity contribution is -0.396. The summed E-state index contributed by atoms with van der Waals surface area (Å²) in [7, 11) is 0. The van der Waals surface area contributed by atoms with Gasteiger partial charge in [0, 0.05) is 0 Å². The number of alkyl halides is 6. The molecule has 1 heterocycles. The molecule has 2 aliphatic rings. The molecule has 0 aromatic rings. The van der Waals surface area contributed by atoms with Gasteiger partial charge in [0.25, 0.3) is 0 Å². The minimum absolute atomic E-state index is 0.168. The van der Waals surface area contributed by atoms with Gasteiger partial charge in [-0.3, -0.25) is 0 Å². The van der Waals surface area contributed by atoms with Crippen molar-refractivity contribution in [3.8, 4) is 0 Å². The Morgan fingerprint density at radius 1 is 0.800 bits per heavy atom. The van der Waals surface area contributed by atoms with Crippen molar-refractivity contribution >= 4 is 0 Å². The van der Waals surface area contributed by atoms with E-state index >= 15 is 0 Å². The van der Waals surface area contributed by atoms with Gasteiger partial charge in [-0.05, 0) is 6.42 Å². The monoisotopic (exact) mass is 232 g/mol. The summed E-state index contributed by atoms with van der Waals surface area (Å²) >= 11 is 0. The van der Waals surface area contributed by atoms with Crippen molar-refractivity contribution in [1.29, 1.82) is 0 Å². The Balaban J connectivity index is 2.33. The Morgan fingerprint density at radius 3 is 1.40 bits per heavy atom. The lowest BCUT2D eigenvalue weighted by atomic mass is 10.2. The molecule has 2 rings (SSSR count). The van der Waals surface area contributed by atoms with E-state index in [1.54, 1.807) is 0 Å². The molecule has 0 saturated carbocycles. The highest BCUT2D eigenvalue weighted by atomic mass is 19.4. The summed E-state index contributed by atoms with van der Waals surface area (Å²) < 4.78 is 74.1. The quantitative estimate of drug-likeness (QED) is 0.359. The summed E-state index contributed by atoms with van der Waals surface area (Å²) in [5, 5.41) is -1.12. The Hall–Kier alpha value is -0.760. The van der Waals surface area contributed by atoms with Gasteiger partial charge in [-0.2, -0.15) is 26.3 Å². The Kier molecular flexibility index (Phi) is 2.06. The number of fused-ring (bicyclic) bond motifs is 2.